The quantitative estimate of drug-likeness (QED) is 0.437. The van der Waals surface area contributed by atoms with Crippen molar-refractivity contribution < 1.29 is 9.13 Å². The molecule has 34 heavy (non-hydrogen) atoms. The number of hydrogen-bond donors (Lipinski definition) is 1. The number of halogens is 2. The number of hydrogen-bond acceptors (Lipinski definition) is 5. The topological polar surface area (TPSA) is 92.1 Å². The Bertz CT molecular complexity index is 1440. The first kappa shape index (κ1) is 23.4. The van der Waals surface area contributed by atoms with Crippen LogP contribution in [0.1, 0.15) is 22.9 Å². The number of rotatable bonds is 7. The standard InChI is InChI=1S/C25H22ClFN4O3/c1-34-22-13-7-12-21(23(22)27)31-24(32)20(14-17-10-5-6-11-18(17)26)29-30(25(31)33)15-19(28)16-8-3-2-4-9-16/h2-13,19H,14-15,28H2,1H3. The fourth-order valence-corrected chi connectivity index (χ4v) is 3.85. The predicted molar refractivity (Wildman–Crippen MR) is 128 cm³/mol. The molecule has 0 fully saturated rings. The molecule has 0 aliphatic carbocycles. The van der Waals surface area contributed by atoms with E-state index in [0.717, 1.165) is 14.8 Å². The maximum absolute atomic E-state index is 15.1. The first-order valence-corrected chi connectivity index (χ1v) is 10.9. The van der Waals surface area contributed by atoms with Gasteiger partial charge < -0.3 is 10.5 Å². The molecule has 2 N–H and O–H groups in total. The first-order valence-electron chi connectivity index (χ1n) is 10.5. The van der Waals surface area contributed by atoms with Crippen molar-refractivity contribution in [3.8, 4) is 11.4 Å². The van der Waals surface area contributed by atoms with Gasteiger partial charge in [-0.15, -0.1) is 0 Å². The molecular formula is C25H22ClFN4O3. The van der Waals surface area contributed by atoms with Crippen LogP contribution >= 0.6 is 11.6 Å². The molecule has 1 aromatic heterocycles. The zero-order chi connectivity index (χ0) is 24.2. The van der Waals surface area contributed by atoms with E-state index in [0.29, 0.717) is 10.6 Å². The second-order valence-corrected chi connectivity index (χ2v) is 8.04. The van der Waals surface area contributed by atoms with Crippen LogP contribution in [0, 0.1) is 5.82 Å². The second-order valence-electron chi connectivity index (χ2n) is 7.63. The van der Waals surface area contributed by atoms with E-state index in [9.17, 15) is 9.59 Å². The zero-order valence-corrected chi connectivity index (χ0v) is 19.1. The van der Waals surface area contributed by atoms with Crippen molar-refractivity contribution in [2.75, 3.05) is 7.11 Å². The van der Waals surface area contributed by atoms with Crippen LogP contribution in [-0.4, -0.2) is 21.5 Å². The minimum absolute atomic E-state index is 0.0233. The molecule has 3 aromatic carbocycles. The molecule has 0 radical (unpaired) electrons. The average molecular weight is 481 g/mol. The second kappa shape index (κ2) is 10.0. The molecule has 7 nitrogen and oxygen atoms in total. The van der Waals surface area contributed by atoms with Crippen molar-refractivity contribution in [1.82, 2.24) is 14.3 Å². The van der Waals surface area contributed by atoms with Gasteiger partial charge in [0.2, 0.25) is 0 Å². The summed E-state index contributed by atoms with van der Waals surface area (Å²) in [6.07, 6.45) is 0.0466. The summed E-state index contributed by atoms with van der Waals surface area (Å²) in [7, 11) is 1.30. The van der Waals surface area contributed by atoms with E-state index in [1.807, 2.05) is 30.3 Å². The van der Waals surface area contributed by atoms with Gasteiger partial charge in [0.25, 0.3) is 5.56 Å². The van der Waals surface area contributed by atoms with Gasteiger partial charge in [-0.25, -0.2) is 18.4 Å². The minimum atomic E-state index is -0.835. The van der Waals surface area contributed by atoms with Gasteiger partial charge in [0.05, 0.1) is 19.3 Å². The number of nitrogens with two attached hydrogens (primary N) is 1. The molecule has 0 saturated carbocycles. The summed E-state index contributed by atoms with van der Waals surface area (Å²) in [6, 6.07) is 19.8. The summed E-state index contributed by atoms with van der Waals surface area (Å²) in [5.41, 5.74) is 5.98. The van der Waals surface area contributed by atoms with Crippen molar-refractivity contribution >= 4 is 11.6 Å². The van der Waals surface area contributed by atoms with Gasteiger partial charge in [-0.1, -0.05) is 66.2 Å². The number of aromatic nitrogens is 3. The van der Waals surface area contributed by atoms with E-state index in [4.69, 9.17) is 22.1 Å². The monoisotopic (exact) mass is 480 g/mol. The van der Waals surface area contributed by atoms with E-state index < -0.39 is 23.1 Å². The molecule has 0 aliphatic rings. The third-order valence-electron chi connectivity index (χ3n) is 5.42. The lowest BCUT2D eigenvalue weighted by Crippen LogP contribution is -2.44. The maximum atomic E-state index is 15.1. The summed E-state index contributed by atoms with van der Waals surface area (Å²) >= 11 is 6.28. The van der Waals surface area contributed by atoms with Crippen LogP contribution in [0.3, 0.4) is 0 Å². The van der Waals surface area contributed by atoms with Gasteiger partial charge in [0.1, 0.15) is 5.69 Å². The van der Waals surface area contributed by atoms with Crippen molar-refractivity contribution in [3.63, 3.8) is 0 Å². The van der Waals surface area contributed by atoms with Gasteiger partial charge >= 0.3 is 5.69 Å². The van der Waals surface area contributed by atoms with Crippen molar-refractivity contribution in [3.05, 3.63) is 121 Å². The first-order chi connectivity index (χ1) is 16.4. The summed E-state index contributed by atoms with van der Waals surface area (Å²) in [5, 5.41) is 4.76. The molecule has 1 atom stereocenters. The van der Waals surface area contributed by atoms with Gasteiger partial charge in [0.15, 0.2) is 11.6 Å². The highest BCUT2D eigenvalue weighted by Crippen LogP contribution is 2.22. The zero-order valence-electron chi connectivity index (χ0n) is 18.3. The largest absolute Gasteiger partial charge is 0.494 e. The lowest BCUT2D eigenvalue weighted by atomic mass is 10.1. The Labute approximate surface area is 199 Å². The highest BCUT2D eigenvalue weighted by atomic mass is 35.5. The van der Waals surface area contributed by atoms with Crippen LogP contribution in [0.2, 0.25) is 5.02 Å². The van der Waals surface area contributed by atoms with Crippen LogP contribution in [0.25, 0.3) is 5.69 Å². The molecule has 0 spiro atoms. The Balaban J connectivity index is 1.89. The molecule has 0 aliphatic heterocycles. The van der Waals surface area contributed by atoms with Gasteiger partial charge in [-0.2, -0.15) is 5.10 Å². The van der Waals surface area contributed by atoms with Crippen LogP contribution < -0.4 is 21.7 Å². The number of benzene rings is 3. The fourth-order valence-electron chi connectivity index (χ4n) is 3.65. The van der Waals surface area contributed by atoms with E-state index in [-0.39, 0.29) is 30.1 Å². The molecular weight excluding hydrogens is 459 g/mol. The summed E-state index contributed by atoms with van der Waals surface area (Å²) in [5.74, 6) is -0.932. The SMILES string of the molecule is COc1cccc(-n2c(=O)c(Cc3ccccc3Cl)nn(CC(N)c3ccccc3)c2=O)c1F. The summed E-state index contributed by atoms with van der Waals surface area (Å²) in [6.45, 7) is -0.0236. The highest BCUT2D eigenvalue weighted by Gasteiger charge is 2.21. The lowest BCUT2D eigenvalue weighted by Gasteiger charge is -2.17. The van der Waals surface area contributed by atoms with Crippen LogP contribution in [0.15, 0.2) is 82.4 Å². The smallest absolute Gasteiger partial charge is 0.352 e. The van der Waals surface area contributed by atoms with E-state index in [1.165, 1.54) is 25.3 Å². The Hall–Kier alpha value is -3.75. The minimum Gasteiger partial charge on any atom is -0.494 e. The van der Waals surface area contributed by atoms with Crippen LogP contribution in [0.4, 0.5) is 4.39 Å². The Kier molecular flexibility index (Phi) is 6.90. The van der Waals surface area contributed by atoms with Gasteiger partial charge in [-0.3, -0.25) is 4.79 Å². The summed E-state index contributed by atoms with van der Waals surface area (Å²) < 4.78 is 22.0. The van der Waals surface area contributed by atoms with Crippen molar-refractivity contribution in [1.29, 1.82) is 0 Å². The predicted octanol–water partition coefficient (Wildman–Crippen LogP) is 3.49. The number of methoxy groups -OCH3 is 1. The van der Waals surface area contributed by atoms with E-state index in [1.54, 1.807) is 24.3 Å². The molecule has 0 bridgehead atoms. The lowest BCUT2D eigenvalue weighted by molar-refractivity contribution is 0.384. The summed E-state index contributed by atoms with van der Waals surface area (Å²) in [4.78, 5) is 26.7. The molecule has 0 amide bonds. The van der Waals surface area contributed by atoms with Crippen LogP contribution in [0.5, 0.6) is 5.75 Å². The number of ether oxygens (including phenoxy) is 1. The molecule has 1 unspecified atom stereocenters. The van der Waals surface area contributed by atoms with Gasteiger partial charge in [0, 0.05) is 17.5 Å². The Morgan fingerprint density at radius 3 is 2.44 bits per heavy atom. The molecule has 1 heterocycles. The molecule has 0 saturated heterocycles. The molecule has 9 heteroatoms. The third kappa shape index (κ3) is 4.64. The third-order valence-corrected chi connectivity index (χ3v) is 5.79. The van der Waals surface area contributed by atoms with Crippen molar-refractivity contribution in [2.45, 2.75) is 19.0 Å². The average Bonchev–Trinajstić information content (AvgIpc) is 2.85. The van der Waals surface area contributed by atoms with E-state index >= 15 is 4.39 Å². The number of nitrogens with zero attached hydrogens (tertiary/aromatic N) is 3. The van der Waals surface area contributed by atoms with Gasteiger partial charge in [-0.05, 0) is 29.3 Å². The Morgan fingerprint density at radius 2 is 1.74 bits per heavy atom. The molecule has 4 aromatic rings. The van der Waals surface area contributed by atoms with Crippen LogP contribution in [-0.2, 0) is 13.0 Å². The van der Waals surface area contributed by atoms with Crippen molar-refractivity contribution in [2.24, 2.45) is 5.73 Å². The normalized spacial score (nSPS) is 11.9. The fraction of sp³-hybridized carbons (Fsp3) is 0.160. The molecule has 174 valence electrons. The maximum Gasteiger partial charge on any atom is 0.352 e. The van der Waals surface area contributed by atoms with E-state index in [2.05, 4.69) is 5.10 Å². The molecule has 4 rings (SSSR count). The highest BCUT2D eigenvalue weighted by molar-refractivity contribution is 6.31. The Morgan fingerprint density at radius 1 is 1.03 bits per heavy atom.